The summed E-state index contributed by atoms with van der Waals surface area (Å²) in [6.07, 6.45) is 2.58. The van der Waals surface area contributed by atoms with E-state index < -0.39 is 0 Å². The Balaban J connectivity index is 1.88. The Morgan fingerprint density at radius 2 is 2.17 bits per heavy atom. The van der Waals surface area contributed by atoms with E-state index in [2.05, 4.69) is 32.7 Å². The summed E-state index contributed by atoms with van der Waals surface area (Å²) in [5.41, 5.74) is 0.994. The molecular formula is C14H18BrFN2. The molecule has 2 aliphatic heterocycles. The fraction of sp³-hybridized carbons (Fsp3) is 0.571. The summed E-state index contributed by atoms with van der Waals surface area (Å²) in [6, 6.07) is 6.04. The number of piperazine rings is 1. The molecule has 1 aromatic rings. The van der Waals surface area contributed by atoms with Gasteiger partial charge in [-0.3, -0.25) is 4.90 Å². The molecule has 2 fully saturated rings. The zero-order chi connectivity index (χ0) is 12.7. The van der Waals surface area contributed by atoms with Crippen molar-refractivity contribution in [3.05, 3.63) is 28.5 Å². The maximum Gasteiger partial charge on any atom is 0.125 e. The Bertz CT molecular complexity index is 451. The molecule has 0 N–H and O–H groups in total. The molecule has 2 nitrogen and oxygen atoms in total. The molecule has 3 rings (SSSR count). The van der Waals surface area contributed by atoms with E-state index >= 15 is 0 Å². The fourth-order valence-corrected chi connectivity index (χ4v) is 3.70. The molecular weight excluding hydrogens is 295 g/mol. The smallest absolute Gasteiger partial charge is 0.125 e. The zero-order valence-corrected chi connectivity index (χ0v) is 12.2. The molecule has 4 heteroatoms. The van der Waals surface area contributed by atoms with Crippen molar-refractivity contribution in [2.75, 3.05) is 24.5 Å². The van der Waals surface area contributed by atoms with E-state index in [1.165, 1.54) is 25.5 Å². The maximum atomic E-state index is 13.4. The van der Waals surface area contributed by atoms with E-state index in [1.807, 2.05) is 0 Å². The number of rotatable bonds is 1. The van der Waals surface area contributed by atoms with Crippen LogP contribution < -0.4 is 4.90 Å². The highest BCUT2D eigenvalue weighted by Gasteiger charge is 2.34. The summed E-state index contributed by atoms with van der Waals surface area (Å²) in [6.45, 7) is 5.57. The van der Waals surface area contributed by atoms with Gasteiger partial charge in [0.1, 0.15) is 5.82 Å². The molecule has 0 bridgehead atoms. The van der Waals surface area contributed by atoms with Crippen molar-refractivity contribution in [1.82, 2.24) is 4.90 Å². The average Bonchev–Trinajstić information content (AvgIpc) is 2.78. The average molecular weight is 313 g/mol. The lowest BCUT2D eigenvalue weighted by Crippen LogP contribution is -2.55. The minimum absolute atomic E-state index is 0.158. The Morgan fingerprint density at radius 3 is 3.00 bits per heavy atom. The lowest BCUT2D eigenvalue weighted by molar-refractivity contribution is 0.203. The molecule has 2 atom stereocenters. The first-order chi connectivity index (χ1) is 8.65. The van der Waals surface area contributed by atoms with Gasteiger partial charge in [-0.05, 0) is 60.4 Å². The van der Waals surface area contributed by atoms with Crippen LogP contribution in [0.2, 0.25) is 0 Å². The molecule has 0 aliphatic carbocycles. The van der Waals surface area contributed by atoms with E-state index in [9.17, 15) is 4.39 Å². The second-order valence-electron chi connectivity index (χ2n) is 5.39. The minimum Gasteiger partial charge on any atom is -0.365 e. The predicted octanol–water partition coefficient (Wildman–Crippen LogP) is 3.26. The molecule has 0 amide bonds. The van der Waals surface area contributed by atoms with E-state index in [-0.39, 0.29) is 5.82 Å². The lowest BCUT2D eigenvalue weighted by Gasteiger charge is -2.44. The third kappa shape index (κ3) is 2.16. The molecule has 0 aromatic heterocycles. The van der Waals surface area contributed by atoms with Gasteiger partial charge in [-0.1, -0.05) is 0 Å². The third-order valence-corrected chi connectivity index (χ3v) is 4.83. The summed E-state index contributed by atoms with van der Waals surface area (Å²) in [4.78, 5) is 4.92. The van der Waals surface area contributed by atoms with Crippen molar-refractivity contribution in [2.24, 2.45) is 0 Å². The Morgan fingerprint density at radius 1 is 1.33 bits per heavy atom. The van der Waals surface area contributed by atoms with Crippen LogP contribution in [0.25, 0.3) is 0 Å². The van der Waals surface area contributed by atoms with Gasteiger partial charge in [-0.15, -0.1) is 0 Å². The Kier molecular flexibility index (Phi) is 3.32. The molecule has 0 radical (unpaired) electrons. The zero-order valence-electron chi connectivity index (χ0n) is 10.6. The minimum atomic E-state index is -0.158. The number of benzene rings is 1. The van der Waals surface area contributed by atoms with Gasteiger partial charge >= 0.3 is 0 Å². The monoisotopic (exact) mass is 312 g/mol. The molecule has 2 aliphatic rings. The maximum absolute atomic E-state index is 13.4. The van der Waals surface area contributed by atoms with Gasteiger partial charge in [0.2, 0.25) is 0 Å². The first kappa shape index (κ1) is 12.4. The van der Waals surface area contributed by atoms with Gasteiger partial charge in [-0.2, -0.15) is 0 Å². The molecule has 2 heterocycles. The van der Waals surface area contributed by atoms with Crippen LogP contribution in [0.5, 0.6) is 0 Å². The van der Waals surface area contributed by atoms with Crippen LogP contribution in [0.3, 0.4) is 0 Å². The molecule has 0 spiro atoms. The molecule has 0 saturated carbocycles. The van der Waals surface area contributed by atoms with Crippen molar-refractivity contribution in [3.8, 4) is 0 Å². The van der Waals surface area contributed by atoms with Crippen LogP contribution in [0.1, 0.15) is 19.8 Å². The standard InChI is InChI=1S/C14H18BrFN2/c1-10-8-17-6-2-3-12(17)9-18(10)14-7-11(16)4-5-13(14)15/h4-5,7,10,12H,2-3,6,8-9H2,1H3. The van der Waals surface area contributed by atoms with Crippen LogP contribution >= 0.6 is 15.9 Å². The normalized spacial score (nSPS) is 28.5. The third-order valence-electron chi connectivity index (χ3n) is 4.15. The summed E-state index contributed by atoms with van der Waals surface area (Å²) in [5, 5.41) is 0. The van der Waals surface area contributed by atoms with Crippen molar-refractivity contribution < 1.29 is 4.39 Å². The van der Waals surface area contributed by atoms with Crippen LogP contribution in [0.15, 0.2) is 22.7 Å². The highest BCUT2D eigenvalue weighted by atomic mass is 79.9. The van der Waals surface area contributed by atoms with Crippen molar-refractivity contribution in [2.45, 2.75) is 31.8 Å². The summed E-state index contributed by atoms with van der Waals surface area (Å²) in [5.74, 6) is -0.158. The second-order valence-corrected chi connectivity index (χ2v) is 6.24. The predicted molar refractivity (Wildman–Crippen MR) is 75.5 cm³/mol. The van der Waals surface area contributed by atoms with Gasteiger partial charge in [0.15, 0.2) is 0 Å². The largest absolute Gasteiger partial charge is 0.365 e. The fourth-order valence-electron chi connectivity index (χ4n) is 3.23. The lowest BCUT2D eigenvalue weighted by atomic mass is 10.1. The Hall–Kier alpha value is -0.610. The molecule has 98 valence electrons. The van der Waals surface area contributed by atoms with Gasteiger partial charge in [0, 0.05) is 29.6 Å². The van der Waals surface area contributed by atoms with E-state index in [1.54, 1.807) is 12.1 Å². The SMILES string of the molecule is CC1CN2CCCC2CN1c1cc(F)ccc1Br. The summed E-state index contributed by atoms with van der Waals surface area (Å²) >= 11 is 3.54. The molecule has 1 aromatic carbocycles. The summed E-state index contributed by atoms with van der Waals surface area (Å²) in [7, 11) is 0. The second kappa shape index (κ2) is 4.82. The van der Waals surface area contributed by atoms with Gasteiger partial charge < -0.3 is 4.90 Å². The molecule has 2 saturated heterocycles. The number of nitrogens with zero attached hydrogens (tertiary/aromatic N) is 2. The van der Waals surface area contributed by atoms with Crippen molar-refractivity contribution >= 4 is 21.6 Å². The van der Waals surface area contributed by atoms with Gasteiger partial charge in [0.25, 0.3) is 0 Å². The number of hydrogen-bond acceptors (Lipinski definition) is 2. The first-order valence-corrected chi connectivity index (χ1v) is 7.40. The van der Waals surface area contributed by atoms with Crippen LogP contribution in [-0.4, -0.2) is 36.6 Å². The quantitative estimate of drug-likeness (QED) is 0.785. The number of fused-ring (bicyclic) bond motifs is 1. The van der Waals surface area contributed by atoms with E-state index in [0.717, 1.165) is 23.2 Å². The van der Waals surface area contributed by atoms with Crippen LogP contribution in [-0.2, 0) is 0 Å². The van der Waals surface area contributed by atoms with E-state index in [0.29, 0.717) is 12.1 Å². The van der Waals surface area contributed by atoms with Crippen molar-refractivity contribution in [1.29, 1.82) is 0 Å². The Labute approximate surface area is 116 Å². The van der Waals surface area contributed by atoms with E-state index in [4.69, 9.17) is 0 Å². The van der Waals surface area contributed by atoms with Crippen molar-refractivity contribution in [3.63, 3.8) is 0 Å². The molecule has 2 unspecified atom stereocenters. The van der Waals surface area contributed by atoms with Gasteiger partial charge in [-0.25, -0.2) is 4.39 Å². The molecule has 18 heavy (non-hydrogen) atoms. The van der Waals surface area contributed by atoms with Gasteiger partial charge in [0.05, 0.1) is 5.69 Å². The topological polar surface area (TPSA) is 6.48 Å². The number of halogens is 2. The van der Waals surface area contributed by atoms with Crippen LogP contribution in [0, 0.1) is 5.82 Å². The highest BCUT2D eigenvalue weighted by molar-refractivity contribution is 9.10. The number of anilines is 1. The summed E-state index contributed by atoms with van der Waals surface area (Å²) < 4.78 is 14.4. The number of hydrogen-bond donors (Lipinski definition) is 0. The van der Waals surface area contributed by atoms with Crippen LogP contribution in [0.4, 0.5) is 10.1 Å². The first-order valence-electron chi connectivity index (χ1n) is 6.61. The highest BCUT2D eigenvalue weighted by Crippen LogP contribution is 2.33.